The Morgan fingerprint density at radius 2 is 2.14 bits per heavy atom. The minimum atomic E-state index is -1.09. The molecular formula is C14H17N3O4. The molecule has 1 aliphatic rings. The first kappa shape index (κ1) is 15.1. The summed E-state index contributed by atoms with van der Waals surface area (Å²) >= 11 is 0. The summed E-state index contributed by atoms with van der Waals surface area (Å²) in [4.78, 5) is 32.3. The molecule has 2 rings (SSSR count). The number of aliphatic imine (C=N–C) groups is 1. The Hall–Kier alpha value is -2.28. The highest BCUT2D eigenvalue weighted by Crippen LogP contribution is 2.31. The number of methoxy groups -OCH3 is 1. The van der Waals surface area contributed by atoms with Crippen LogP contribution in [0.25, 0.3) is 0 Å². The van der Waals surface area contributed by atoms with Crippen LogP contribution in [-0.4, -0.2) is 45.6 Å². The van der Waals surface area contributed by atoms with Crippen molar-refractivity contribution in [1.29, 1.82) is 0 Å². The lowest BCUT2D eigenvalue weighted by atomic mass is 9.89. The summed E-state index contributed by atoms with van der Waals surface area (Å²) in [7, 11) is 1.25. The minimum absolute atomic E-state index is 0.0443. The van der Waals surface area contributed by atoms with Crippen LogP contribution >= 0.6 is 0 Å². The van der Waals surface area contributed by atoms with Crippen molar-refractivity contribution in [2.24, 2.45) is 10.9 Å². The fourth-order valence-electron chi connectivity index (χ4n) is 2.01. The Balaban J connectivity index is 2.58. The van der Waals surface area contributed by atoms with E-state index < -0.39 is 17.4 Å². The number of esters is 1. The minimum Gasteiger partial charge on any atom is -0.465 e. The SMILES string of the molecule is COC(=O)c1cccnc1C1=NC(C)(C(C)C)C(=O)N1O. The molecule has 21 heavy (non-hydrogen) atoms. The zero-order chi connectivity index (χ0) is 15.8. The van der Waals surface area contributed by atoms with Crippen molar-refractivity contribution >= 4 is 17.7 Å². The third-order valence-corrected chi connectivity index (χ3v) is 3.71. The molecule has 112 valence electrons. The lowest BCUT2D eigenvalue weighted by Crippen LogP contribution is -2.42. The van der Waals surface area contributed by atoms with E-state index in [1.165, 1.54) is 19.4 Å². The molecule has 0 aliphatic carbocycles. The molecular weight excluding hydrogens is 274 g/mol. The fraction of sp³-hybridized carbons (Fsp3) is 0.429. The van der Waals surface area contributed by atoms with Gasteiger partial charge in [-0.3, -0.25) is 15.0 Å². The van der Waals surface area contributed by atoms with Crippen LogP contribution in [0.2, 0.25) is 0 Å². The van der Waals surface area contributed by atoms with E-state index in [-0.39, 0.29) is 23.0 Å². The van der Waals surface area contributed by atoms with Gasteiger partial charge < -0.3 is 4.74 Å². The van der Waals surface area contributed by atoms with Gasteiger partial charge in [0.25, 0.3) is 5.91 Å². The second-order valence-corrected chi connectivity index (χ2v) is 5.25. The van der Waals surface area contributed by atoms with Crippen LogP contribution in [0, 0.1) is 5.92 Å². The standard InChI is InChI=1S/C14H17N3O4/c1-8(2)14(3)13(19)17(20)11(16-14)10-9(12(18)21-4)6-5-7-15-10/h5-8,20H,1-4H3. The molecule has 1 aromatic rings. The quantitative estimate of drug-likeness (QED) is 0.668. The zero-order valence-corrected chi connectivity index (χ0v) is 12.3. The number of carbonyl (C=O) groups excluding carboxylic acids is 2. The molecule has 0 spiro atoms. The predicted molar refractivity (Wildman–Crippen MR) is 74.0 cm³/mol. The van der Waals surface area contributed by atoms with Gasteiger partial charge in [-0.15, -0.1) is 0 Å². The van der Waals surface area contributed by atoms with Gasteiger partial charge >= 0.3 is 5.97 Å². The number of amidine groups is 1. The molecule has 1 aromatic heterocycles. The fourth-order valence-corrected chi connectivity index (χ4v) is 2.01. The van der Waals surface area contributed by atoms with Crippen molar-refractivity contribution in [3.05, 3.63) is 29.6 Å². The molecule has 0 bridgehead atoms. The van der Waals surface area contributed by atoms with E-state index in [4.69, 9.17) is 0 Å². The average Bonchev–Trinajstić information content (AvgIpc) is 2.72. The molecule has 7 heteroatoms. The predicted octanol–water partition coefficient (Wildman–Crippen LogP) is 1.26. The number of amides is 1. The van der Waals surface area contributed by atoms with Crippen molar-refractivity contribution in [2.45, 2.75) is 26.3 Å². The first-order valence-electron chi connectivity index (χ1n) is 6.50. The van der Waals surface area contributed by atoms with Crippen LogP contribution in [0.4, 0.5) is 0 Å². The maximum absolute atomic E-state index is 12.2. The monoisotopic (exact) mass is 291 g/mol. The molecule has 0 radical (unpaired) electrons. The summed E-state index contributed by atoms with van der Waals surface area (Å²) in [6.45, 7) is 5.30. The number of aromatic nitrogens is 1. The van der Waals surface area contributed by atoms with Crippen LogP contribution in [0.5, 0.6) is 0 Å². The first-order valence-corrected chi connectivity index (χ1v) is 6.50. The van der Waals surface area contributed by atoms with Crippen LogP contribution < -0.4 is 0 Å². The van der Waals surface area contributed by atoms with Crippen LogP contribution in [-0.2, 0) is 9.53 Å². The van der Waals surface area contributed by atoms with E-state index in [0.717, 1.165) is 0 Å². The molecule has 7 nitrogen and oxygen atoms in total. The maximum atomic E-state index is 12.2. The highest BCUT2D eigenvalue weighted by atomic mass is 16.5. The third-order valence-electron chi connectivity index (χ3n) is 3.71. The molecule has 1 atom stereocenters. The second-order valence-electron chi connectivity index (χ2n) is 5.25. The highest BCUT2D eigenvalue weighted by Gasteiger charge is 2.48. The van der Waals surface area contributed by atoms with Crippen molar-refractivity contribution in [2.75, 3.05) is 7.11 Å². The summed E-state index contributed by atoms with van der Waals surface area (Å²) < 4.78 is 4.68. The zero-order valence-electron chi connectivity index (χ0n) is 12.3. The second kappa shape index (κ2) is 5.25. The number of hydrogen-bond donors (Lipinski definition) is 1. The Morgan fingerprint density at radius 3 is 2.67 bits per heavy atom. The summed E-state index contributed by atoms with van der Waals surface area (Å²) in [5, 5.41) is 10.5. The number of ether oxygens (including phenoxy) is 1. The van der Waals surface area contributed by atoms with Crippen LogP contribution in [0.1, 0.15) is 36.8 Å². The summed E-state index contributed by atoms with van der Waals surface area (Å²) in [6.07, 6.45) is 1.45. The van der Waals surface area contributed by atoms with Gasteiger partial charge in [-0.05, 0) is 25.0 Å². The van der Waals surface area contributed by atoms with Gasteiger partial charge in [-0.2, -0.15) is 5.06 Å². The molecule has 1 amide bonds. The maximum Gasteiger partial charge on any atom is 0.340 e. The molecule has 0 fully saturated rings. The number of nitrogens with zero attached hydrogens (tertiary/aromatic N) is 3. The molecule has 1 unspecified atom stereocenters. The van der Waals surface area contributed by atoms with Crippen LogP contribution in [0.3, 0.4) is 0 Å². The number of hydroxylamine groups is 2. The Labute approximate surface area is 122 Å². The van der Waals surface area contributed by atoms with Gasteiger partial charge in [0, 0.05) is 6.20 Å². The van der Waals surface area contributed by atoms with E-state index in [0.29, 0.717) is 5.06 Å². The van der Waals surface area contributed by atoms with Gasteiger partial charge in [0.1, 0.15) is 11.2 Å². The van der Waals surface area contributed by atoms with Gasteiger partial charge in [0.05, 0.1) is 12.7 Å². The lowest BCUT2D eigenvalue weighted by Gasteiger charge is -2.22. The smallest absolute Gasteiger partial charge is 0.340 e. The lowest BCUT2D eigenvalue weighted by molar-refractivity contribution is -0.152. The average molecular weight is 291 g/mol. The number of carbonyl (C=O) groups is 2. The van der Waals surface area contributed by atoms with Gasteiger partial charge in [0.2, 0.25) is 0 Å². The van der Waals surface area contributed by atoms with E-state index in [1.807, 2.05) is 13.8 Å². The largest absolute Gasteiger partial charge is 0.465 e. The van der Waals surface area contributed by atoms with Gasteiger partial charge in [-0.25, -0.2) is 9.79 Å². The van der Waals surface area contributed by atoms with Crippen molar-refractivity contribution in [3.8, 4) is 0 Å². The Kier molecular flexibility index (Phi) is 3.78. The van der Waals surface area contributed by atoms with E-state index in [2.05, 4.69) is 14.7 Å². The third kappa shape index (κ3) is 2.29. The normalized spacial score (nSPS) is 21.7. The molecule has 2 heterocycles. The first-order chi connectivity index (χ1) is 9.82. The molecule has 1 N–H and O–H groups in total. The van der Waals surface area contributed by atoms with Crippen LogP contribution in [0.15, 0.2) is 23.3 Å². The summed E-state index contributed by atoms with van der Waals surface area (Å²) in [5.74, 6) is -1.33. The number of rotatable bonds is 3. The summed E-state index contributed by atoms with van der Waals surface area (Å²) in [5.41, 5.74) is -0.835. The van der Waals surface area contributed by atoms with Crippen molar-refractivity contribution in [1.82, 2.24) is 10.0 Å². The van der Waals surface area contributed by atoms with Gasteiger partial charge in [-0.1, -0.05) is 13.8 Å². The van der Waals surface area contributed by atoms with E-state index in [9.17, 15) is 14.8 Å². The molecule has 0 saturated carbocycles. The van der Waals surface area contributed by atoms with Crippen molar-refractivity contribution < 1.29 is 19.5 Å². The molecule has 0 saturated heterocycles. The number of pyridine rings is 1. The van der Waals surface area contributed by atoms with E-state index >= 15 is 0 Å². The van der Waals surface area contributed by atoms with Crippen molar-refractivity contribution in [3.63, 3.8) is 0 Å². The Bertz CT molecular complexity index is 626. The number of hydrogen-bond acceptors (Lipinski definition) is 6. The Morgan fingerprint density at radius 1 is 1.48 bits per heavy atom. The molecule has 0 aromatic carbocycles. The summed E-state index contributed by atoms with van der Waals surface area (Å²) in [6, 6.07) is 3.07. The van der Waals surface area contributed by atoms with Gasteiger partial charge in [0.15, 0.2) is 5.84 Å². The topological polar surface area (TPSA) is 92.1 Å². The molecule has 1 aliphatic heterocycles. The highest BCUT2D eigenvalue weighted by molar-refractivity contribution is 6.16. The van der Waals surface area contributed by atoms with E-state index in [1.54, 1.807) is 13.0 Å².